The van der Waals surface area contributed by atoms with Crippen LogP contribution >= 0.6 is 0 Å². The zero-order valence-electron chi connectivity index (χ0n) is 25.0. The molecule has 0 unspecified atom stereocenters. The molecule has 218 valence electrons. The maximum absolute atomic E-state index is 5.15. The van der Waals surface area contributed by atoms with Crippen LogP contribution in [0, 0.1) is 0 Å². The van der Waals surface area contributed by atoms with Gasteiger partial charge in [0.25, 0.3) is 0 Å². The third-order valence-corrected chi connectivity index (χ3v) is 9.72. The fourth-order valence-corrected chi connectivity index (χ4v) is 7.80. The second-order valence-electron chi connectivity index (χ2n) is 12.1. The number of fused-ring (bicyclic) bond motifs is 15. The van der Waals surface area contributed by atoms with Crippen LogP contribution in [0.2, 0.25) is 0 Å². The molecule has 11 rings (SSSR count). The summed E-state index contributed by atoms with van der Waals surface area (Å²) in [6.45, 7) is 0. The van der Waals surface area contributed by atoms with Crippen LogP contribution in [0.25, 0.3) is 93.5 Å². The molecule has 0 atom stereocenters. The van der Waals surface area contributed by atoms with Gasteiger partial charge in [0.1, 0.15) is 11.2 Å². The highest BCUT2D eigenvalue weighted by atomic mass is 15.1. The Balaban J connectivity index is 1.42. The first-order valence-electron chi connectivity index (χ1n) is 15.8. The zero-order valence-corrected chi connectivity index (χ0v) is 25.0. The molecule has 0 saturated heterocycles. The summed E-state index contributed by atoms with van der Waals surface area (Å²) >= 11 is 0. The van der Waals surface area contributed by atoms with Gasteiger partial charge < -0.3 is 9.13 Å². The summed E-state index contributed by atoms with van der Waals surface area (Å²) in [6.07, 6.45) is 5.65. The number of para-hydroxylation sites is 3. The molecule has 0 aliphatic carbocycles. The molecule has 0 amide bonds. The van der Waals surface area contributed by atoms with Crippen LogP contribution in [0.1, 0.15) is 0 Å². The third kappa shape index (κ3) is 3.21. The van der Waals surface area contributed by atoms with Gasteiger partial charge >= 0.3 is 0 Å². The summed E-state index contributed by atoms with van der Waals surface area (Å²) < 4.78 is 7.05. The number of benzene rings is 5. The highest BCUT2D eigenvalue weighted by Crippen LogP contribution is 2.44. The largest absolute Gasteiger partial charge is 0.307 e. The lowest BCUT2D eigenvalue weighted by molar-refractivity contribution is 1.15. The molecular formula is C41H24N6. The van der Waals surface area contributed by atoms with Gasteiger partial charge in [-0.25, -0.2) is 9.97 Å². The van der Waals surface area contributed by atoms with Gasteiger partial charge in [0.2, 0.25) is 0 Å². The average molecular weight is 601 g/mol. The van der Waals surface area contributed by atoms with Crippen molar-refractivity contribution in [2.24, 2.45) is 0 Å². The molecule has 6 heteroatoms. The van der Waals surface area contributed by atoms with E-state index in [4.69, 9.17) is 9.97 Å². The van der Waals surface area contributed by atoms with Gasteiger partial charge in [0.05, 0.1) is 27.6 Å². The van der Waals surface area contributed by atoms with Crippen LogP contribution in [-0.4, -0.2) is 28.5 Å². The lowest BCUT2D eigenvalue weighted by Gasteiger charge is -2.13. The Morgan fingerprint density at radius 1 is 0.426 bits per heavy atom. The molecule has 0 aliphatic heterocycles. The summed E-state index contributed by atoms with van der Waals surface area (Å²) in [5, 5.41) is 8.08. The van der Waals surface area contributed by atoms with Crippen LogP contribution in [0.15, 0.2) is 146 Å². The maximum atomic E-state index is 5.15. The van der Waals surface area contributed by atoms with E-state index in [0.29, 0.717) is 0 Å². The van der Waals surface area contributed by atoms with Gasteiger partial charge in [-0.15, -0.1) is 0 Å². The predicted octanol–water partition coefficient (Wildman–Crippen LogP) is 9.78. The smallest absolute Gasteiger partial charge is 0.164 e. The molecule has 0 radical (unpaired) electrons. The predicted molar refractivity (Wildman–Crippen MR) is 192 cm³/mol. The first kappa shape index (κ1) is 24.8. The molecule has 11 aromatic rings. The maximum Gasteiger partial charge on any atom is 0.164 e. The van der Waals surface area contributed by atoms with Gasteiger partial charge in [0.15, 0.2) is 5.65 Å². The van der Waals surface area contributed by atoms with E-state index in [1.54, 1.807) is 0 Å². The van der Waals surface area contributed by atoms with Gasteiger partial charge in [-0.3, -0.25) is 9.38 Å². The minimum Gasteiger partial charge on any atom is -0.307 e. The quantitative estimate of drug-likeness (QED) is 0.186. The van der Waals surface area contributed by atoms with Gasteiger partial charge in [0, 0.05) is 62.3 Å². The Labute approximate surface area is 267 Å². The van der Waals surface area contributed by atoms with Crippen molar-refractivity contribution in [3.8, 4) is 11.4 Å². The van der Waals surface area contributed by atoms with Crippen molar-refractivity contribution in [1.82, 2.24) is 28.5 Å². The van der Waals surface area contributed by atoms with Crippen LogP contribution in [-0.2, 0) is 0 Å². The van der Waals surface area contributed by atoms with Crippen molar-refractivity contribution in [3.63, 3.8) is 0 Å². The molecule has 0 fully saturated rings. The topological polar surface area (TPSA) is 52.9 Å². The van der Waals surface area contributed by atoms with Crippen molar-refractivity contribution in [2.45, 2.75) is 0 Å². The van der Waals surface area contributed by atoms with E-state index in [9.17, 15) is 0 Å². The van der Waals surface area contributed by atoms with Gasteiger partial charge in [-0.1, -0.05) is 66.7 Å². The number of imidazole rings is 1. The fraction of sp³-hybridized carbons (Fsp3) is 0. The zero-order chi connectivity index (χ0) is 30.6. The summed E-state index contributed by atoms with van der Waals surface area (Å²) in [4.78, 5) is 14.5. The SMILES string of the molecule is c1ccc(-n2c3ccccc3c3ccc4c5cc6c(cc5n(-c5ccccc5)c4c32)c2cnccc2n2c3ncccc3nc62)cc1. The minimum absolute atomic E-state index is 0.849. The summed E-state index contributed by atoms with van der Waals surface area (Å²) in [7, 11) is 0. The second kappa shape index (κ2) is 9.02. The highest BCUT2D eigenvalue weighted by molar-refractivity contribution is 6.27. The van der Waals surface area contributed by atoms with Crippen molar-refractivity contribution in [2.75, 3.05) is 0 Å². The number of rotatable bonds is 2. The number of nitrogens with zero attached hydrogens (tertiary/aromatic N) is 6. The molecule has 0 aliphatic rings. The van der Waals surface area contributed by atoms with E-state index in [0.717, 1.165) is 55.4 Å². The standard InChI is InChI=1S/C41H24N6/c1-3-10-25(11-4-1)45-35-16-8-7-14-27(35)28-17-18-29-31-22-32-30(23-37(31)46(39(29)38(28)45)26-12-5-2-6-13-26)33-24-42-21-19-36(33)47-40(32)44-34-15-9-20-43-41(34)47/h1-24H. The Hall–Kier alpha value is -6.53. The molecule has 0 N–H and O–H groups in total. The minimum atomic E-state index is 0.849. The Bertz CT molecular complexity index is 3060. The van der Waals surface area contributed by atoms with Crippen LogP contribution in [0.5, 0.6) is 0 Å². The van der Waals surface area contributed by atoms with Crippen molar-refractivity contribution >= 4 is 82.1 Å². The van der Waals surface area contributed by atoms with Gasteiger partial charge in [-0.05, 0) is 66.0 Å². The number of hydrogen-bond donors (Lipinski definition) is 0. The van der Waals surface area contributed by atoms with E-state index in [2.05, 4.69) is 134 Å². The number of aromatic nitrogens is 6. The molecule has 0 bridgehead atoms. The molecule has 0 spiro atoms. The normalized spacial score (nSPS) is 12.3. The first-order valence-corrected chi connectivity index (χ1v) is 15.8. The average Bonchev–Trinajstić information content (AvgIpc) is 3.80. The Kier molecular flexibility index (Phi) is 4.75. The lowest BCUT2D eigenvalue weighted by atomic mass is 10.0. The number of pyridine rings is 3. The molecular weight excluding hydrogens is 576 g/mol. The molecule has 0 saturated carbocycles. The van der Waals surface area contributed by atoms with Crippen molar-refractivity contribution in [3.05, 3.63) is 146 Å². The lowest BCUT2D eigenvalue weighted by Crippen LogP contribution is -1.98. The Morgan fingerprint density at radius 2 is 1.13 bits per heavy atom. The molecule has 6 aromatic heterocycles. The first-order chi connectivity index (χ1) is 23.3. The number of hydrogen-bond acceptors (Lipinski definition) is 3. The Morgan fingerprint density at radius 3 is 1.91 bits per heavy atom. The van der Waals surface area contributed by atoms with Crippen molar-refractivity contribution < 1.29 is 0 Å². The van der Waals surface area contributed by atoms with E-state index in [1.807, 2.05) is 30.7 Å². The van der Waals surface area contributed by atoms with E-state index in [-0.39, 0.29) is 0 Å². The monoisotopic (exact) mass is 600 g/mol. The summed E-state index contributed by atoms with van der Waals surface area (Å²) in [5.41, 5.74) is 10.6. The summed E-state index contributed by atoms with van der Waals surface area (Å²) in [5.74, 6) is 0. The van der Waals surface area contributed by atoms with E-state index in [1.165, 1.54) is 38.1 Å². The molecule has 6 heterocycles. The van der Waals surface area contributed by atoms with E-state index < -0.39 is 0 Å². The van der Waals surface area contributed by atoms with Crippen molar-refractivity contribution in [1.29, 1.82) is 0 Å². The fourth-order valence-electron chi connectivity index (χ4n) is 7.80. The van der Waals surface area contributed by atoms with Crippen LogP contribution in [0.4, 0.5) is 0 Å². The highest BCUT2D eigenvalue weighted by Gasteiger charge is 2.23. The summed E-state index contributed by atoms with van der Waals surface area (Å²) in [6, 6.07) is 45.5. The van der Waals surface area contributed by atoms with Gasteiger partial charge in [-0.2, -0.15) is 0 Å². The third-order valence-electron chi connectivity index (χ3n) is 9.72. The second-order valence-corrected chi connectivity index (χ2v) is 12.1. The van der Waals surface area contributed by atoms with Crippen LogP contribution < -0.4 is 0 Å². The van der Waals surface area contributed by atoms with Crippen LogP contribution in [0.3, 0.4) is 0 Å². The molecule has 6 nitrogen and oxygen atoms in total. The molecule has 47 heavy (non-hydrogen) atoms. The molecule has 5 aromatic carbocycles. The van der Waals surface area contributed by atoms with E-state index >= 15 is 0 Å².